The van der Waals surface area contributed by atoms with E-state index in [2.05, 4.69) is 159 Å². The van der Waals surface area contributed by atoms with E-state index in [-0.39, 0.29) is 20.1 Å². The quantitative estimate of drug-likeness (QED) is 0.179. The van der Waals surface area contributed by atoms with Gasteiger partial charge in [0.15, 0.2) is 0 Å². The van der Waals surface area contributed by atoms with E-state index in [9.17, 15) is 0 Å². The van der Waals surface area contributed by atoms with Crippen LogP contribution in [0.5, 0.6) is 57.5 Å². The van der Waals surface area contributed by atoms with Crippen molar-refractivity contribution >= 4 is 86.4 Å². The lowest BCUT2D eigenvalue weighted by atomic mass is 9.30. The molecule has 0 saturated carbocycles. The number of anilines is 3. The molecule has 8 aromatic rings. The van der Waals surface area contributed by atoms with Crippen LogP contribution in [-0.4, -0.2) is 20.1 Å². The second-order valence-corrected chi connectivity index (χ2v) is 17.0. The van der Waals surface area contributed by atoms with Crippen molar-refractivity contribution in [2.75, 3.05) is 4.90 Å². The van der Waals surface area contributed by atoms with Gasteiger partial charge in [-0.3, -0.25) is 0 Å². The monoisotopic (exact) mass is 771 g/mol. The molecule has 0 saturated heterocycles. The molecule has 8 aromatic carbocycles. The Labute approximate surface area is 348 Å². The first kappa shape index (κ1) is 32.7. The number of aryl methyl sites for hydroxylation is 3. The van der Waals surface area contributed by atoms with Crippen LogP contribution in [0.15, 0.2) is 140 Å². The second-order valence-electron chi connectivity index (χ2n) is 17.0. The largest absolute Gasteiger partial charge is 0.458 e. The third-order valence-electron chi connectivity index (χ3n) is 13.2. The third-order valence-corrected chi connectivity index (χ3v) is 13.2. The van der Waals surface area contributed by atoms with E-state index in [1.54, 1.807) is 0 Å². The summed E-state index contributed by atoms with van der Waals surface area (Å²) in [7, 11) is 0. The molecule has 6 aliphatic rings. The molecule has 0 unspecified atom stereocenters. The summed E-state index contributed by atoms with van der Waals surface area (Å²) in [5, 5.41) is 0. The van der Waals surface area contributed by atoms with Crippen molar-refractivity contribution < 1.29 is 23.7 Å². The molecule has 14 rings (SSSR count). The topological polar surface area (TPSA) is 49.4 Å². The molecule has 0 amide bonds. The van der Waals surface area contributed by atoms with E-state index in [0.29, 0.717) is 0 Å². The van der Waals surface area contributed by atoms with Crippen molar-refractivity contribution in [2.45, 2.75) is 20.8 Å². The Hall–Kier alpha value is -7.25. The zero-order valence-electron chi connectivity index (χ0n) is 33.0. The molecule has 0 atom stereocenters. The molecule has 0 bridgehead atoms. The van der Waals surface area contributed by atoms with Gasteiger partial charge in [0.25, 0.3) is 20.1 Å². The van der Waals surface area contributed by atoms with Gasteiger partial charge in [0.1, 0.15) is 57.5 Å². The molecular weight excluding hydrogens is 739 g/mol. The van der Waals surface area contributed by atoms with E-state index in [0.717, 1.165) is 135 Å². The van der Waals surface area contributed by atoms with E-state index >= 15 is 0 Å². The average Bonchev–Trinajstić information content (AvgIpc) is 3.24. The number of hydrogen-bond acceptors (Lipinski definition) is 6. The molecule has 60 heavy (non-hydrogen) atoms. The van der Waals surface area contributed by atoms with Gasteiger partial charge < -0.3 is 28.6 Å². The first-order valence-electron chi connectivity index (χ1n) is 20.6. The summed E-state index contributed by atoms with van der Waals surface area (Å²) in [5.41, 5.74) is 16.6. The summed E-state index contributed by atoms with van der Waals surface area (Å²) in [4.78, 5) is 2.39. The highest BCUT2D eigenvalue weighted by molar-refractivity contribution is 7.03. The second kappa shape index (κ2) is 11.5. The van der Waals surface area contributed by atoms with Gasteiger partial charge in [-0.05, 0) is 136 Å². The molecule has 280 valence electrons. The third kappa shape index (κ3) is 4.31. The predicted octanol–water partition coefficient (Wildman–Crippen LogP) is 6.47. The number of fused-ring (bicyclic) bond motifs is 12. The molecule has 9 heteroatoms. The van der Waals surface area contributed by atoms with Gasteiger partial charge >= 0.3 is 0 Å². The predicted molar refractivity (Wildman–Crippen MR) is 242 cm³/mol. The Bertz CT molecular complexity index is 3280. The minimum absolute atomic E-state index is 0.0768. The summed E-state index contributed by atoms with van der Waals surface area (Å²) in [6, 6.07) is 49.7. The fraction of sp³-hybridized carbons (Fsp3) is 0.0588. The molecule has 0 aliphatic carbocycles. The molecule has 0 aromatic heterocycles. The Morgan fingerprint density at radius 2 is 0.733 bits per heavy atom. The van der Waals surface area contributed by atoms with Crippen LogP contribution in [0.3, 0.4) is 0 Å². The summed E-state index contributed by atoms with van der Waals surface area (Å²) in [5.74, 6) is 8.41. The van der Waals surface area contributed by atoms with Crippen molar-refractivity contribution in [1.82, 2.24) is 0 Å². The van der Waals surface area contributed by atoms with Crippen molar-refractivity contribution in [2.24, 2.45) is 0 Å². The molecule has 6 heterocycles. The maximum Gasteiger partial charge on any atom is 0.260 e. The fourth-order valence-electron chi connectivity index (χ4n) is 10.9. The number of benzene rings is 8. The summed E-state index contributed by atoms with van der Waals surface area (Å²) >= 11 is 0. The minimum atomic E-state index is -0.159. The Morgan fingerprint density at radius 1 is 0.317 bits per heavy atom. The van der Waals surface area contributed by atoms with Crippen LogP contribution in [-0.2, 0) is 0 Å². The summed E-state index contributed by atoms with van der Waals surface area (Å²) in [6.07, 6.45) is 0. The maximum absolute atomic E-state index is 7.07. The highest BCUT2D eigenvalue weighted by Gasteiger charge is 2.48. The Morgan fingerprint density at radius 3 is 1.28 bits per heavy atom. The van der Waals surface area contributed by atoms with E-state index in [1.165, 1.54) is 5.46 Å². The van der Waals surface area contributed by atoms with Crippen molar-refractivity contribution in [3.63, 3.8) is 0 Å². The number of ether oxygens (including phenoxy) is 5. The van der Waals surface area contributed by atoms with Crippen LogP contribution in [0.1, 0.15) is 16.7 Å². The highest BCUT2D eigenvalue weighted by atomic mass is 16.5. The fourth-order valence-corrected chi connectivity index (χ4v) is 10.9. The van der Waals surface area contributed by atoms with Gasteiger partial charge in [0.2, 0.25) is 0 Å². The smallest absolute Gasteiger partial charge is 0.260 e. The van der Waals surface area contributed by atoms with Gasteiger partial charge in [-0.15, -0.1) is 0 Å². The lowest BCUT2D eigenvalue weighted by Crippen LogP contribution is -2.64. The zero-order chi connectivity index (χ0) is 39.5. The van der Waals surface area contributed by atoms with Crippen LogP contribution >= 0.6 is 0 Å². The highest BCUT2D eigenvalue weighted by Crippen LogP contribution is 2.45. The normalized spacial score (nSPS) is 14.4. The van der Waals surface area contributed by atoms with E-state index < -0.39 is 0 Å². The number of hydrogen-bond donors (Lipinski definition) is 0. The van der Waals surface area contributed by atoms with E-state index in [4.69, 9.17) is 23.7 Å². The molecule has 6 aliphatic heterocycles. The van der Waals surface area contributed by atoms with Crippen LogP contribution in [0.4, 0.5) is 17.1 Å². The summed E-state index contributed by atoms with van der Waals surface area (Å²) in [6.45, 7) is 6.02. The van der Waals surface area contributed by atoms with Gasteiger partial charge in [-0.25, -0.2) is 0 Å². The van der Waals surface area contributed by atoms with Crippen LogP contribution < -0.4 is 77.7 Å². The zero-order valence-corrected chi connectivity index (χ0v) is 33.0. The molecule has 6 nitrogen and oxygen atoms in total. The first-order chi connectivity index (χ1) is 29.4. The number of rotatable bonds is 1. The lowest BCUT2D eigenvalue weighted by Gasteiger charge is -2.42. The van der Waals surface area contributed by atoms with Gasteiger partial charge in [-0.1, -0.05) is 66.7 Å². The molecule has 0 spiro atoms. The molecule has 0 N–H and O–H groups in total. The maximum atomic E-state index is 7.07. The average molecular weight is 771 g/mol. The first-order valence-corrected chi connectivity index (χ1v) is 20.6. The van der Waals surface area contributed by atoms with Crippen LogP contribution in [0.2, 0.25) is 0 Å². The SMILES string of the molecule is Cc1cc2c3c(c1)Oc1cc4c(cc1B3c1ccccc1O2)B1c2cc3c(cc2N(c2ccccc2)c2cc(C)cc(c21)O4)Oc1cc(C)cc2c1B3c1ccccc1O2. The van der Waals surface area contributed by atoms with E-state index in [1.807, 2.05) is 6.07 Å². The Kier molecular flexibility index (Phi) is 6.25. The van der Waals surface area contributed by atoms with Crippen LogP contribution in [0.25, 0.3) is 0 Å². The van der Waals surface area contributed by atoms with Crippen molar-refractivity contribution in [3.05, 3.63) is 156 Å². The molecule has 0 radical (unpaired) electrons. The summed E-state index contributed by atoms with van der Waals surface area (Å²) < 4.78 is 34.1. The number of para-hydroxylation sites is 3. The molecular formula is C51H32B3NO5. The van der Waals surface area contributed by atoms with Gasteiger partial charge in [-0.2, -0.15) is 0 Å². The Balaban J connectivity index is 1.05. The van der Waals surface area contributed by atoms with Crippen molar-refractivity contribution in [3.8, 4) is 57.5 Å². The van der Waals surface area contributed by atoms with Crippen molar-refractivity contribution in [1.29, 1.82) is 0 Å². The van der Waals surface area contributed by atoms with Gasteiger partial charge in [0.05, 0.1) is 0 Å². The minimum Gasteiger partial charge on any atom is -0.458 e. The lowest BCUT2D eigenvalue weighted by molar-refractivity contribution is 0.455. The standard InChI is InChI=1S/C51H32B3NO5/c1-27-17-38-49-44(18-27)59-43-26-42-35(53-32-14-8-10-16-40(32)57-46-20-29(3)22-48(60-42)51(46)53)24-36(43)54(49)33-23-34-41(25-37(33)55(38)30-11-5-4-6-12-30)58-47-21-28(2)19-45-50(47)52(34)31-13-7-9-15-39(31)56-45/h4-26H,1-3H3. The van der Waals surface area contributed by atoms with Gasteiger partial charge in [0, 0.05) is 40.1 Å². The molecule has 0 fully saturated rings. The van der Waals surface area contributed by atoms with Crippen LogP contribution in [0, 0.1) is 20.8 Å². The number of nitrogens with zero attached hydrogens (tertiary/aromatic N) is 1.